The predicted octanol–water partition coefficient (Wildman–Crippen LogP) is 2.67. The van der Waals surface area contributed by atoms with Crippen LogP contribution in [0.25, 0.3) is 0 Å². The Labute approximate surface area is 190 Å². The number of carbonyl (C=O) groups excluding carboxylic acids is 1. The van der Waals surface area contributed by atoms with Crippen LogP contribution in [0.3, 0.4) is 0 Å². The van der Waals surface area contributed by atoms with Gasteiger partial charge in [-0.2, -0.15) is 5.10 Å². The van der Waals surface area contributed by atoms with Crippen molar-refractivity contribution < 1.29 is 4.79 Å². The van der Waals surface area contributed by atoms with Gasteiger partial charge in [0.1, 0.15) is 11.5 Å². The summed E-state index contributed by atoms with van der Waals surface area (Å²) >= 11 is 0. The molecule has 0 bridgehead atoms. The zero-order valence-corrected chi connectivity index (χ0v) is 19.9. The summed E-state index contributed by atoms with van der Waals surface area (Å²) in [6.07, 6.45) is 5.49. The molecule has 2 aromatic rings. The summed E-state index contributed by atoms with van der Waals surface area (Å²) in [5.74, 6) is 0.500. The third kappa shape index (κ3) is 7.77. The lowest BCUT2D eigenvalue weighted by atomic mass is 10.2. The minimum Gasteiger partial charge on any atom is -0.356 e. The molecule has 2 heterocycles. The van der Waals surface area contributed by atoms with Gasteiger partial charge < -0.3 is 15.1 Å². The fourth-order valence-electron chi connectivity index (χ4n) is 2.92. The van der Waals surface area contributed by atoms with Crippen molar-refractivity contribution in [1.29, 1.82) is 0 Å². The van der Waals surface area contributed by atoms with Gasteiger partial charge in [0.05, 0.1) is 6.54 Å². The summed E-state index contributed by atoms with van der Waals surface area (Å²) in [7, 11) is 4.08. The number of hydrogen-bond acceptors (Lipinski definition) is 6. The molecule has 0 aliphatic rings. The highest BCUT2D eigenvalue weighted by atomic mass is 16.2. The van der Waals surface area contributed by atoms with Crippen molar-refractivity contribution in [3.63, 3.8) is 0 Å². The molecule has 0 aliphatic heterocycles. The van der Waals surface area contributed by atoms with E-state index < -0.39 is 0 Å². The summed E-state index contributed by atoms with van der Waals surface area (Å²) in [6.45, 7) is 10.7. The largest absolute Gasteiger partial charge is 0.356 e. The molecule has 172 valence electrons. The molecule has 2 aromatic heterocycles. The Kier molecular flexibility index (Phi) is 9.34. The minimum absolute atomic E-state index is 0.185. The molecule has 0 radical (unpaired) electrons. The van der Waals surface area contributed by atoms with Crippen molar-refractivity contribution >= 4 is 11.7 Å². The topological polar surface area (TPSA) is 83.4 Å². The van der Waals surface area contributed by atoms with Crippen LogP contribution >= 0.6 is 0 Å². The van der Waals surface area contributed by atoms with Gasteiger partial charge in [-0.05, 0) is 71.6 Å². The van der Waals surface area contributed by atoms with E-state index in [9.17, 15) is 9.59 Å². The summed E-state index contributed by atoms with van der Waals surface area (Å²) < 4.78 is 1.30. The van der Waals surface area contributed by atoms with E-state index in [1.54, 1.807) is 6.20 Å². The predicted molar refractivity (Wildman–Crippen MR) is 129 cm³/mol. The molecular formula is C24H34N6O2. The molecule has 32 heavy (non-hydrogen) atoms. The number of aromatic nitrogens is 3. The summed E-state index contributed by atoms with van der Waals surface area (Å²) in [5, 5.41) is 7.07. The minimum atomic E-state index is -0.356. The SMILES string of the molecule is CCN(CCN(C)C)c1cc(Cn2nc(C(=O)NC(C)=CC=C(C)C)ccc2=O)ccn1. The maximum absolute atomic E-state index is 12.6. The maximum Gasteiger partial charge on any atom is 0.275 e. The van der Waals surface area contributed by atoms with Crippen LogP contribution in [0, 0.1) is 0 Å². The Hall–Kier alpha value is -3.26. The first-order chi connectivity index (χ1) is 15.2. The average Bonchev–Trinajstić information content (AvgIpc) is 2.74. The zero-order valence-electron chi connectivity index (χ0n) is 19.9. The van der Waals surface area contributed by atoms with E-state index in [0.29, 0.717) is 5.70 Å². The van der Waals surface area contributed by atoms with Gasteiger partial charge in [-0.3, -0.25) is 9.59 Å². The normalized spacial score (nSPS) is 11.4. The van der Waals surface area contributed by atoms with Crippen LogP contribution in [0.5, 0.6) is 0 Å². The Balaban J connectivity index is 2.20. The number of anilines is 1. The van der Waals surface area contributed by atoms with Crippen LogP contribution in [0.15, 0.2) is 58.7 Å². The molecule has 0 aromatic carbocycles. The molecule has 8 heteroatoms. The van der Waals surface area contributed by atoms with Crippen molar-refractivity contribution in [3.8, 4) is 0 Å². The van der Waals surface area contributed by atoms with Crippen LogP contribution in [-0.4, -0.2) is 59.3 Å². The molecule has 0 saturated carbocycles. The van der Waals surface area contributed by atoms with E-state index in [1.165, 1.54) is 16.8 Å². The van der Waals surface area contributed by atoms with Crippen LogP contribution in [0.4, 0.5) is 5.82 Å². The van der Waals surface area contributed by atoms with Crippen molar-refractivity contribution in [2.45, 2.75) is 34.2 Å². The fourth-order valence-corrected chi connectivity index (χ4v) is 2.92. The van der Waals surface area contributed by atoms with Gasteiger partial charge >= 0.3 is 0 Å². The molecule has 0 fully saturated rings. The fraction of sp³-hybridized carbons (Fsp3) is 0.417. The molecule has 8 nitrogen and oxygen atoms in total. The quantitative estimate of drug-likeness (QED) is 0.574. The Morgan fingerprint density at radius 2 is 1.88 bits per heavy atom. The van der Waals surface area contributed by atoms with Gasteiger partial charge in [-0.25, -0.2) is 9.67 Å². The lowest BCUT2D eigenvalue weighted by molar-refractivity contribution is 0.0958. The van der Waals surface area contributed by atoms with Gasteiger partial charge in [0.25, 0.3) is 11.5 Å². The van der Waals surface area contributed by atoms with E-state index in [2.05, 4.69) is 32.1 Å². The maximum atomic E-state index is 12.6. The van der Waals surface area contributed by atoms with E-state index in [0.717, 1.165) is 36.6 Å². The number of nitrogens with zero attached hydrogens (tertiary/aromatic N) is 5. The Bertz CT molecular complexity index is 1030. The Morgan fingerprint density at radius 1 is 1.12 bits per heavy atom. The summed E-state index contributed by atoms with van der Waals surface area (Å²) in [6, 6.07) is 6.64. The van der Waals surface area contributed by atoms with Gasteiger partial charge in [-0.15, -0.1) is 0 Å². The van der Waals surface area contributed by atoms with Gasteiger partial charge in [0.2, 0.25) is 0 Å². The van der Waals surface area contributed by atoms with E-state index >= 15 is 0 Å². The number of nitrogens with one attached hydrogen (secondary N) is 1. The highest BCUT2D eigenvalue weighted by molar-refractivity contribution is 5.93. The molecule has 0 unspecified atom stereocenters. The van der Waals surface area contributed by atoms with Crippen molar-refractivity contribution in [3.05, 3.63) is 75.5 Å². The molecule has 0 atom stereocenters. The second-order valence-corrected chi connectivity index (χ2v) is 8.17. The van der Waals surface area contributed by atoms with Crippen LogP contribution in [0.2, 0.25) is 0 Å². The van der Waals surface area contributed by atoms with Crippen LogP contribution < -0.4 is 15.8 Å². The zero-order chi connectivity index (χ0) is 23.7. The van der Waals surface area contributed by atoms with Crippen molar-refractivity contribution in [1.82, 2.24) is 25.0 Å². The van der Waals surface area contributed by atoms with Gasteiger partial charge in [-0.1, -0.05) is 11.6 Å². The number of likely N-dealkylation sites (N-methyl/N-ethyl adjacent to an activating group) is 2. The third-order valence-corrected chi connectivity index (χ3v) is 4.74. The van der Waals surface area contributed by atoms with Gasteiger partial charge in [0.15, 0.2) is 0 Å². The Morgan fingerprint density at radius 3 is 2.53 bits per heavy atom. The first-order valence-electron chi connectivity index (χ1n) is 10.8. The molecule has 0 spiro atoms. The molecule has 2 rings (SSSR count). The van der Waals surface area contributed by atoms with E-state index in [4.69, 9.17) is 0 Å². The van der Waals surface area contributed by atoms with Crippen molar-refractivity contribution in [2.75, 3.05) is 38.6 Å². The summed E-state index contributed by atoms with van der Waals surface area (Å²) in [5.41, 5.74) is 2.64. The van der Waals surface area contributed by atoms with Crippen molar-refractivity contribution in [2.24, 2.45) is 0 Å². The van der Waals surface area contributed by atoms with E-state index in [-0.39, 0.29) is 23.7 Å². The number of rotatable bonds is 10. The van der Waals surface area contributed by atoms with Crippen LogP contribution in [0.1, 0.15) is 43.7 Å². The number of amides is 1. The molecular weight excluding hydrogens is 404 g/mol. The standard InChI is InChI=1S/C24H34N6O2/c1-7-29(15-14-28(5)6)22-16-20(12-13-25-22)17-30-23(31)11-10-21(27-30)24(32)26-19(4)9-8-18(2)3/h8-13,16H,7,14-15,17H2,1-6H3,(H,26,32). The lowest BCUT2D eigenvalue weighted by Gasteiger charge is -2.24. The number of hydrogen-bond donors (Lipinski definition) is 1. The first kappa shape index (κ1) is 25.0. The molecule has 0 saturated heterocycles. The average molecular weight is 439 g/mol. The molecule has 1 amide bonds. The second kappa shape index (κ2) is 12.0. The summed E-state index contributed by atoms with van der Waals surface area (Å²) in [4.78, 5) is 33.7. The number of allylic oxidation sites excluding steroid dienone is 4. The highest BCUT2D eigenvalue weighted by Crippen LogP contribution is 2.13. The highest BCUT2D eigenvalue weighted by Gasteiger charge is 2.12. The molecule has 0 aliphatic carbocycles. The smallest absolute Gasteiger partial charge is 0.275 e. The number of pyridine rings is 1. The second-order valence-electron chi connectivity index (χ2n) is 8.17. The monoisotopic (exact) mass is 438 g/mol. The third-order valence-electron chi connectivity index (χ3n) is 4.74. The number of carbonyl (C=O) groups is 1. The van der Waals surface area contributed by atoms with Crippen LogP contribution in [-0.2, 0) is 6.54 Å². The lowest BCUT2D eigenvalue weighted by Crippen LogP contribution is -2.32. The first-order valence-corrected chi connectivity index (χ1v) is 10.8. The van der Waals surface area contributed by atoms with Gasteiger partial charge in [0, 0.05) is 37.6 Å². The molecule has 1 N–H and O–H groups in total. The van der Waals surface area contributed by atoms with E-state index in [1.807, 2.05) is 59.2 Å².